The van der Waals surface area contributed by atoms with E-state index in [0.29, 0.717) is 5.13 Å². The third kappa shape index (κ3) is 2.59. The predicted octanol–water partition coefficient (Wildman–Crippen LogP) is 1.36. The fourth-order valence-corrected chi connectivity index (χ4v) is 3.40. The van der Waals surface area contributed by atoms with Crippen molar-refractivity contribution in [3.05, 3.63) is 29.0 Å². The van der Waals surface area contributed by atoms with E-state index in [4.69, 9.17) is 5.73 Å². The number of rotatable bonds is 3. The van der Waals surface area contributed by atoms with Gasteiger partial charge >= 0.3 is 0 Å². The van der Waals surface area contributed by atoms with Crippen molar-refractivity contribution < 1.29 is 4.79 Å². The van der Waals surface area contributed by atoms with Crippen LogP contribution in [0.25, 0.3) is 0 Å². The van der Waals surface area contributed by atoms with Gasteiger partial charge in [0.05, 0.1) is 5.69 Å². The van der Waals surface area contributed by atoms with Gasteiger partial charge in [-0.15, -0.1) is 11.3 Å². The molecule has 106 valence electrons. The molecule has 3 N–H and O–H groups in total. The maximum atomic E-state index is 12.2. The summed E-state index contributed by atoms with van der Waals surface area (Å²) in [6, 6.07) is 1.66. The molecule has 7 heteroatoms. The third-order valence-corrected chi connectivity index (χ3v) is 4.54. The number of carbonyl (C=O) groups excluding carboxylic acids is 1. The Morgan fingerprint density at radius 2 is 2.50 bits per heavy atom. The Labute approximate surface area is 121 Å². The Hall–Kier alpha value is -1.73. The van der Waals surface area contributed by atoms with E-state index in [-0.39, 0.29) is 18.0 Å². The number of nitrogens with zero attached hydrogens (tertiary/aromatic N) is 3. The molecule has 6 nitrogen and oxygen atoms in total. The first-order chi connectivity index (χ1) is 9.63. The van der Waals surface area contributed by atoms with Gasteiger partial charge in [-0.1, -0.05) is 0 Å². The average Bonchev–Trinajstić information content (AvgIpc) is 3.05. The number of carbonyl (C=O) groups is 1. The van der Waals surface area contributed by atoms with E-state index in [1.807, 2.05) is 6.92 Å². The highest BCUT2D eigenvalue weighted by Gasteiger charge is 2.22. The first kappa shape index (κ1) is 13.3. The van der Waals surface area contributed by atoms with Gasteiger partial charge in [0.25, 0.3) is 5.91 Å². The number of nitrogens with two attached hydrogens (primary N) is 1. The number of anilines is 1. The van der Waals surface area contributed by atoms with Crippen molar-refractivity contribution in [1.29, 1.82) is 0 Å². The fourth-order valence-electron chi connectivity index (χ4n) is 2.29. The summed E-state index contributed by atoms with van der Waals surface area (Å²) in [4.78, 5) is 17.8. The minimum Gasteiger partial charge on any atom is -0.327 e. The molecule has 0 spiro atoms. The minimum absolute atomic E-state index is 0.107. The predicted molar refractivity (Wildman–Crippen MR) is 77.7 cm³/mol. The molecule has 0 aromatic carbocycles. The zero-order valence-corrected chi connectivity index (χ0v) is 12.1. The van der Waals surface area contributed by atoms with Crippen LogP contribution in [0.1, 0.15) is 30.0 Å². The minimum atomic E-state index is -0.354. The van der Waals surface area contributed by atoms with E-state index < -0.39 is 0 Å². The van der Waals surface area contributed by atoms with Crippen molar-refractivity contribution in [2.75, 3.05) is 5.32 Å². The monoisotopic (exact) mass is 291 g/mol. The summed E-state index contributed by atoms with van der Waals surface area (Å²) in [5.41, 5.74) is 7.03. The van der Waals surface area contributed by atoms with Crippen LogP contribution in [-0.4, -0.2) is 26.7 Å². The smallest absolute Gasteiger partial charge is 0.250 e. The molecular weight excluding hydrogens is 274 g/mol. The van der Waals surface area contributed by atoms with E-state index in [1.54, 1.807) is 23.1 Å². The number of nitrogens with one attached hydrogen (secondary N) is 1. The lowest BCUT2D eigenvalue weighted by atomic mass is 9.99. The highest BCUT2D eigenvalue weighted by molar-refractivity contribution is 7.15. The maximum absolute atomic E-state index is 12.2. The Balaban J connectivity index is 1.70. The largest absolute Gasteiger partial charge is 0.327 e. The van der Waals surface area contributed by atoms with Crippen molar-refractivity contribution >= 4 is 22.4 Å². The molecule has 0 radical (unpaired) electrons. The number of aromatic nitrogens is 3. The third-order valence-electron chi connectivity index (χ3n) is 3.51. The first-order valence-corrected chi connectivity index (χ1v) is 7.49. The SMILES string of the molecule is CC(C(=O)Nc1nc2c(s1)C[C@@H](N)CC2)n1cccn1. The number of hydrogen-bond acceptors (Lipinski definition) is 5. The number of thiazole rings is 1. The van der Waals surface area contributed by atoms with E-state index in [1.165, 1.54) is 16.2 Å². The number of aryl methyl sites for hydroxylation is 1. The highest BCUT2D eigenvalue weighted by Crippen LogP contribution is 2.29. The second kappa shape index (κ2) is 5.34. The number of fused-ring (bicyclic) bond motifs is 1. The Morgan fingerprint density at radius 1 is 1.65 bits per heavy atom. The lowest BCUT2D eigenvalue weighted by Crippen LogP contribution is -2.27. The second-order valence-corrected chi connectivity index (χ2v) is 6.13. The van der Waals surface area contributed by atoms with Crippen LogP contribution in [0.4, 0.5) is 5.13 Å². The van der Waals surface area contributed by atoms with Crippen molar-refractivity contribution in [3.8, 4) is 0 Å². The van der Waals surface area contributed by atoms with Gasteiger partial charge < -0.3 is 11.1 Å². The molecule has 0 saturated heterocycles. The molecule has 2 atom stereocenters. The summed E-state index contributed by atoms with van der Waals surface area (Å²) in [6.07, 6.45) is 6.16. The molecule has 0 saturated carbocycles. The normalized spacial score (nSPS) is 19.4. The highest BCUT2D eigenvalue weighted by atomic mass is 32.1. The van der Waals surface area contributed by atoms with Gasteiger partial charge in [-0.05, 0) is 32.3 Å². The van der Waals surface area contributed by atoms with Gasteiger partial charge in [0.2, 0.25) is 0 Å². The molecular formula is C13H17N5OS. The topological polar surface area (TPSA) is 85.8 Å². The van der Waals surface area contributed by atoms with Crippen molar-refractivity contribution in [1.82, 2.24) is 14.8 Å². The molecule has 0 bridgehead atoms. The Kier molecular flexibility index (Phi) is 3.54. The summed E-state index contributed by atoms with van der Waals surface area (Å²) in [7, 11) is 0. The quantitative estimate of drug-likeness (QED) is 0.894. The van der Waals surface area contributed by atoms with Crippen LogP contribution in [0.2, 0.25) is 0 Å². The molecule has 0 fully saturated rings. The van der Waals surface area contributed by atoms with Crippen LogP contribution in [0.3, 0.4) is 0 Å². The van der Waals surface area contributed by atoms with Crippen molar-refractivity contribution in [2.45, 2.75) is 38.3 Å². The summed E-state index contributed by atoms with van der Waals surface area (Å²) in [5.74, 6) is -0.107. The van der Waals surface area contributed by atoms with E-state index in [2.05, 4.69) is 15.4 Å². The zero-order chi connectivity index (χ0) is 14.1. The average molecular weight is 291 g/mol. The molecule has 2 aromatic rings. The molecule has 2 aromatic heterocycles. The van der Waals surface area contributed by atoms with Crippen LogP contribution >= 0.6 is 11.3 Å². The van der Waals surface area contributed by atoms with Crippen molar-refractivity contribution in [2.24, 2.45) is 5.73 Å². The van der Waals surface area contributed by atoms with Crippen LogP contribution in [0.15, 0.2) is 18.5 Å². The van der Waals surface area contributed by atoms with Crippen LogP contribution < -0.4 is 11.1 Å². The van der Waals surface area contributed by atoms with E-state index in [0.717, 1.165) is 25.0 Å². The number of hydrogen-bond donors (Lipinski definition) is 2. The lowest BCUT2D eigenvalue weighted by Gasteiger charge is -2.15. The van der Waals surface area contributed by atoms with Crippen LogP contribution in [-0.2, 0) is 17.6 Å². The molecule has 1 aliphatic carbocycles. The van der Waals surface area contributed by atoms with Gasteiger partial charge in [-0.3, -0.25) is 9.48 Å². The van der Waals surface area contributed by atoms with Gasteiger partial charge in [0.1, 0.15) is 6.04 Å². The zero-order valence-electron chi connectivity index (χ0n) is 11.2. The molecule has 20 heavy (non-hydrogen) atoms. The molecule has 1 aliphatic rings. The Morgan fingerprint density at radius 3 is 3.25 bits per heavy atom. The first-order valence-electron chi connectivity index (χ1n) is 6.67. The Bertz CT molecular complexity index is 606. The summed E-state index contributed by atoms with van der Waals surface area (Å²) in [5, 5.41) is 7.61. The second-order valence-electron chi connectivity index (χ2n) is 5.04. The van der Waals surface area contributed by atoms with E-state index >= 15 is 0 Å². The fraction of sp³-hybridized carbons (Fsp3) is 0.462. The van der Waals surface area contributed by atoms with Gasteiger partial charge in [0, 0.05) is 23.3 Å². The van der Waals surface area contributed by atoms with E-state index in [9.17, 15) is 4.79 Å². The molecule has 3 rings (SSSR count). The van der Waals surface area contributed by atoms with Crippen molar-refractivity contribution in [3.63, 3.8) is 0 Å². The summed E-state index contributed by atoms with van der Waals surface area (Å²) in [6.45, 7) is 1.81. The maximum Gasteiger partial charge on any atom is 0.250 e. The number of amides is 1. The van der Waals surface area contributed by atoms with Crippen LogP contribution in [0.5, 0.6) is 0 Å². The van der Waals surface area contributed by atoms with Crippen LogP contribution in [0, 0.1) is 0 Å². The molecule has 2 heterocycles. The summed E-state index contributed by atoms with van der Waals surface area (Å²) < 4.78 is 1.62. The lowest BCUT2D eigenvalue weighted by molar-refractivity contribution is -0.119. The standard InChI is InChI=1S/C13H17N5OS/c1-8(18-6-2-5-15-18)12(19)17-13-16-10-4-3-9(14)7-11(10)20-13/h2,5-6,8-9H,3-4,7,14H2,1H3,(H,16,17,19)/t8?,9-/m0/s1. The summed E-state index contributed by atoms with van der Waals surface area (Å²) >= 11 is 1.53. The molecule has 1 unspecified atom stereocenters. The van der Waals surface area contributed by atoms with Gasteiger partial charge in [-0.25, -0.2) is 4.98 Å². The van der Waals surface area contributed by atoms with Gasteiger partial charge in [0.15, 0.2) is 5.13 Å². The molecule has 1 amide bonds. The van der Waals surface area contributed by atoms with Gasteiger partial charge in [-0.2, -0.15) is 5.10 Å². The molecule has 0 aliphatic heterocycles.